The van der Waals surface area contributed by atoms with E-state index in [2.05, 4.69) is 5.32 Å². The van der Waals surface area contributed by atoms with Gasteiger partial charge in [-0.2, -0.15) is 0 Å². The quantitative estimate of drug-likeness (QED) is 0.133. The maximum atomic E-state index is 13.8. The average Bonchev–Trinajstić information content (AvgIpc) is 3.25. The first-order chi connectivity index (χ1) is 18.3. The summed E-state index contributed by atoms with van der Waals surface area (Å²) in [5.74, 6) is -0.0548. The maximum absolute atomic E-state index is 13.8. The SMILES string of the molecule is Cc1ccc(-n2c(SCC(=O)NCc3ccccc3)nc3c(sc(=S)n3-c3ccc(Cl)c(C)c3)c2=O)cc1. The number of rotatable bonds is 7. The monoisotopic (exact) mass is 578 g/mol. The number of carbonyl (C=O) groups excluding carboxylic acids is 1. The molecule has 0 fully saturated rings. The summed E-state index contributed by atoms with van der Waals surface area (Å²) in [5.41, 5.74) is 4.66. The van der Waals surface area contributed by atoms with Crippen molar-refractivity contribution in [3.8, 4) is 11.4 Å². The second-order valence-corrected chi connectivity index (χ2v) is 11.7. The minimum Gasteiger partial charge on any atom is -0.351 e. The molecule has 192 valence electrons. The van der Waals surface area contributed by atoms with Gasteiger partial charge < -0.3 is 5.32 Å². The van der Waals surface area contributed by atoms with E-state index in [9.17, 15) is 9.59 Å². The number of hydrogen-bond donors (Lipinski definition) is 1. The van der Waals surface area contributed by atoms with Crippen LogP contribution in [0.15, 0.2) is 82.7 Å². The molecule has 3 aromatic carbocycles. The topological polar surface area (TPSA) is 68.9 Å². The summed E-state index contributed by atoms with van der Waals surface area (Å²) in [6.45, 7) is 4.33. The van der Waals surface area contributed by atoms with Crippen molar-refractivity contribution in [3.05, 3.63) is 109 Å². The molecule has 1 amide bonds. The molecular formula is C28H23ClN4O2S3. The molecule has 1 N–H and O–H groups in total. The van der Waals surface area contributed by atoms with Crippen molar-refractivity contribution in [1.29, 1.82) is 0 Å². The van der Waals surface area contributed by atoms with Gasteiger partial charge in [0.05, 0.1) is 11.4 Å². The lowest BCUT2D eigenvalue weighted by Crippen LogP contribution is -2.26. The van der Waals surface area contributed by atoms with Gasteiger partial charge in [-0.25, -0.2) is 4.98 Å². The first kappa shape index (κ1) is 26.4. The number of benzene rings is 3. The third-order valence-corrected chi connectivity index (χ3v) is 8.65. The molecule has 0 unspecified atom stereocenters. The predicted molar refractivity (Wildman–Crippen MR) is 159 cm³/mol. The Bertz CT molecular complexity index is 1760. The number of hydrogen-bond acceptors (Lipinski definition) is 6. The summed E-state index contributed by atoms with van der Waals surface area (Å²) < 4.78 is 4.30. The Morgan fingerprint density at radius 2 is 1.74 bits per heavy atom. The number of halogens is 1. The number of nitrogens with zero attached hydrogens (tertiary/aromatic N) is 3. The Morgan fingerprint density at radius 3 is 2.45 bits per heavy atom. The van der Waals surface area contributed by atoms with Gasteiger partial charge in [-0.3, -0.25) is 18.7 Å². The van der Waals surface area contributed by atoms with E-state index in [0.717, 1.165) is 22.4 Å². The Morgan fingerprint density at radius 1 is 1.03 bits per heavy atom. The number of fused-ring (bicyclic) bond motifs is 1. The highest BCUT2D eigenvalue weighted by Gasteiger charge is 2.20. The molecule has 10 heteroatoms. The van der Waals surface area contributed by atoms with E-state index < -0.39 is 0 Å². The molecule has 0 atom stereocenters. The zero-order chi connectivity index (χ0) is 26.8. The number of carbonyl (C=O) groups is 1. The molecule has 0 bridgehead atoms. The largest absolute Gasteiger partial charge is 0.351 e. The zero-order valence-corrected chi connectivity index (χ0v) is 23.8. The summed E-state index contributed by atoms with van der Waals surface area (Å²) in [6.07, 6.45) is 0. The highest BCUT2D eigenvalue weighted by Crippen LogP contribution is 2.29. The molecule has 0 saturated heterocycles. The van der Waals surface area contributed by atoms with Crippen LogP contribution in [0.4, 0.5) is 0 Å². The first-order valence-electron chi connectivity index (χ1n) is 11.8. The van der Waals surface area contributed by atoms with Crippen LogP contribution >= 0.6 is 46.9 Å². The van der Waals surface area contributed by atoms with Crippen molar-refractivity contribution >= 4 is 63.2 Å². The van der Waals surface area contributed by atoms with Crippen molar-refractivity contribution in [3.63, 3.8) is 0 Å². The molecule has 6 nitrogen and oxygen atoms in total. The summed E-state index contributed by atoms with van der Waals surface area (Å²) in [5, 5.41) is 3.99. The van der Waals surface area contributed by atoms with Gasteiger partial charge in [0.2, 0.25) is 5.91 Å². The summed E-state index contributed by atoms with van der Waals surface area (Å²) >= 11 is 14.3. The van der Waals surface area contributed by atoms with Gasteiger partial charge in [-0.05, 0) is 67.5 Å². The van der Waals surface area contributed by atoms with E-state index in [4.69, 9.17) is 28.8 Å². The zero-order valence-electron chi connectivity index (χ0n) is 20.6. The molecule has 0 aliphatic heterocycles. The lowest BCUT2D eigenvalue weighted by Gasteiger charge is -2.13. The Labute approximate surface area is 237 Å². The van der Waals surface area contributed by atoms with Crippen molar-refractivity contribution in [2.45, 2.75) is 25.5 Å². The molecule has 0 aliphatic carbocycles. The fourth-order valence-electron chi connectivity index (χ4n) is 3.93. The first-order valence-corrected chi connectivity index (χ1v) is 14.4. The fourth-order valence-corrected chi connectivity index (χ4v) is 6.18. The van der Waals surface area contributed by atoms with E-state index in [0.29, 0.717) is 36.7 Å². The second kappa shape index (κ2) is 11.2. The van der Waals surface area contributed by atoms with Gasteiger partial charge >= 0.3 is 0 Å². The molecule has 2 aromatic heterocycles. The predicted octanol–water partition coefficient (Wildman–Crippen LogP) is 6.65. The molecular weight excluding hydrogens is 556 g/mol. The fraction of sp³-hybridized carbons (Fsp3) is 0.143. The third kappa shape index (κ3) is 5.47. The number of aromatic nitrogens is 3. The Hall–Kier alpha value is -3.24. The summed E-state index contributed by atoms with van der Waals surface area (Å²) in [7, 11) is 0. The maximum Gasteiger partial charge on any atom is 0.278 e. The van der Waals surface area contributed by atoms with Gasteiger partial charge in [-0.15, -0.1) is 0 Å². The van der Waals surface area contributed by atoms with E-state index in [1.54, 1.807) is 15.2 Å². The molecule has 0 aliphatic rings. The van der Waals surface area contributed by atoms with Gasteiger partial charge in [0.25, 0.3) is 5.56 Å². The van der Waals surface area contributed by atoms with E-state index in [1.807, 2.05) is 80.6 Å². The Balaban J connectivity index is 1.57. The van der Waals surface area contributed by atoms with Crippen LogP contribution in [0.2, 0.25) is 5.02 Å². The molecule has 38 heavy (non-hydrogen) atoms. The molecule has 0 saturated carbocycles. The van der Waals surface area contributed by atoms with Crippen LogP contribution in [0.3, 0.4) is 0 Å². The molecule has 5 rings (SSSR count). The molecule has 2 heterocycles. The minimum atomic E-state index is -0.230. The molecule has 0 spiro atoms. The van der Waals surface area contributed by atoms with Crippen LogP contribution < -0.4 is 10.9 Å². The van der Waals surface area contributed by atoms with Crippen LogP contribution in [-0.2, 0) is 11.3 Å². The number of thioether (sulfide) groups is 1. The lowest BCUT2D eigenvalue weighted by atomic mass is 10.2. The van der Waals surface area contributed by atoms with E-state index >= 15 is 0 Å². The smallest absolute Gasteiger partial charge is 0.278 e. The normalized spacial score (nSPS) is 11.1. The van der Waals surface area contributed by atoms with Crippen LogP contribution in [0.25, 0.3) is 21.7 Å². The Kier molecular flexibility index (Phi) is 7.80. The summed E-state index contributed by atoms with van der Waals surface area (Å²) in [6, 6.07) is 22.9. The molecule has 5 aromatic rings. The van der Waals surface area contributed by atoms with Gasteiger partial charge in [0.1, 0.15) is 4.70 Å². The van der Waals surface area contributed by atoms with Gasteiger partial charge in [-0.1, -0.05) is 82.7 Å². The number of aryl methyl sites for hydroxylation is 2. The van der Waals surface area contributed by atoms with E-state index in [-0.39, 0.29) is 17.2 Å². The van der Waals surface area contributed by atoms with Crippen molar-refractivity contribution in [1.82, 2.24) is 19.4 Å². The molecule has 0 radical (unpaired) electrons. The highest BCUT2D eigenvalue weighted by atomic mass is 35.5. The van der Waals surface area contributed by atoms with Crippen molar-refractivity contribution < 1.29 is 4.79 Å². The van der Waals surface area contributed by atoms with Crippen LogP contribution in [0, 0.1) is 17.8 Å². The second-order valence-electron chi connectivity index (χ2n) is 8.71. The van der Waals surface area contributed by atoms with Crippen LogP contribution in [0.5, 0.6) is 0 Å². The highest BCUT2D eigenvalue weighted by molar-refractivity contribution is 7.99. The van der Waals surface area contributed by atoms with Crippen molar-refractivity contribution in [2.75, 3.05) is 5.75 Å². The summed E-state index contributed by atoms with van der Waals surface area (Å²) in [4.78, 5) is 31.5. The van der Waals surface area contributed by atoms with Crippen molar-refractivity contribution in [2.24, 2.45) is 0 Å². The minimum absolute atomic E-state index is 0.0988. The number of amides is 1. The number of thiazole rings is 1. The average molecular weight is 579 g/mol. The van der Waals surface area contributed by atoms with Gasteiger partial charge in [0, 0.05) is 17.3 Å². The lowest BCUT2D eigenvalue weighted by molar-refractivity contribution is -0.118. The van der Waals surface area contributed by atoms with Gasteiger partial charge in [0.15, 0.2) is 14.8 Å². The standard InChI is InChI=1S/C28H23ClN4O2S3/c1-17-8-10-20(11-9-17)33-26(35)24-25(32(28(36)38-24)21-12-13-22(29)18(2)14-21)31-27(33)37-16-23(34)30-15-19-6-4-3-5-7-19/h3-14H,15-16H2,1-2H3,(H,30,34). The third-order valence-electron chi connectivity index (χ3n) is 5.93. The number of nitrogens with one attached hydrogen (secondary N) is 1. The van der Waals surface area contributed by atoms with E-state index in [1.165, 1.54) is 23.1 Å². The van der Waals surface area contributed by atoms with Crippen LogP contribution in [0.1, 0.15) is 16.7 Å². The van der Waals surface area contributed by atoms with Crippen LogP contribution in [-0.4, -0.2) is 25.8 Å².